The van der Waals surface area contributed by atoms with Crippen molar-refractivity contribution in [2.45, 2.75) is 217 Å². The summed E-state index contributed by atoms with van der Waals surface area (Å²) in [5, 5.41) is 131. The van der Waals surface area contributed by atoms with E-state index in [2.05, 4.69) is 26.8 Å². The summed E-state index contributed by atoms with van der Waals surface area (Å²) >= 11 is 0. The molecule has 3 aliphatic heterocycles. The lowest BCUT2D eigenvalue weighted by Gasteiger charge is -2.72. The second-order valence-electron chi connectivity index (χ2n) is 22.6. The molecule has 0 aromatic rings. The van der Waals surface area contributed by atoms with Gasteiger partial charge in [0.05, 0.1) is 43.7 Å². The Kier molecular flexibility index (Phi) is 15.1. The zero-order valence-electron chi connectivity index (χ0n) is 39.3. The number of hydrogen-bond donors (Lipinski definition) is 12. The second-order valence-corrected chi connectivity index (χ2v) is 22.6. The van der Waals surface area contributed by atoms with E-state index in [1.807, 2.05) is 34.6 Å². The standard InChI is InChI=1S/C47H80O18/c1-21(2)10-9-13-47(8,65-42-38(59)35(56)33(54)27(64-42)20-60-40-36(57)32(53)26(19-49)62-40)22-11-15-45(6)30(22)23(50)16-28-44(5)14-12-29(51)43(3,4)39(44)24(17-46(28,45)7)61-41-37(58)34(55)31(52)25(18-48)63-41/h10,22-42,48-59H,9,11-20H2,1-8H3/t22?,23?,24-,25+,26-,27+,28?,29?,30?,31+,32-,33+,34-,35-,36+,37+,38+,39?,40+,41+,42-,44+,45+,46+,47-/m0/s1. The molecule has 65 heavy (non-hydrogen) atoms. The second kappa shape index (κ2) is 19.0. The summed E-state index contributed by atoms with van der Waals surface area (Å²) in [5.74, 6) is -1.02. The molecule has 0 amide bonds. The van der Waals surface area contributed by atoms with Gasteiger partial charge < -0.3 is 89.7 Å². The number of rotatable bonds is 13. The molecule has 7 aliphatic rings. The lowest BCUT2D eigenvalue weighted by molar-refractivity contribution is -0.350. The summed E-state index contributed by atoms with van der Waals surface area (Å²) in [5.41, 5.74) is -2.28. The summed E-state index contributed by atoms with van der Waals surface area (Å²) < 4.78 is 37.0. The Morgan fingerprint density at radius 2 is 1.23 bits per heavy atom. The molecule has 12 N–H and O–H groups in total. The predicted molar refractivity (Wildman–Crippen MR) is 229 cm³/mol. The average molecular weight is 933 g/mol. The first-order chi connectivity index (χ1) is 30.3. The molecule has 18 heteroatoms. The SMILES string of the molecule is CC(C)=CCC[C@](C)(O[C@@H]1O[C@H](CO[C@@H]2O[C@@H](CO)[C@H](O)[C@H]2O)[C@@H](O)[C@H](O)[C@H]1O)C1CC[C@]2(C)C1C(O)CC1[C@@]3(C)CCC(O)C(C)(C)C3[C@@H](O[C@@H]3O[C@H](CO)[C@@H](O)[C@H](O)[C@H]3O)C[C@]12C. The van der Waals surface area contributed by atoms with E-state index in [9.17, 15) is 61.3 Å². The van der Waals surface area contributed by atoms with Crippen LogP contribution in [-0.2, 0) is 28.4 Å². The Hall–Kier alpha value is -0.980. The zero-order chi connectivity index (χ0) is 47.9. The van der Waals surface area contributed by atoms with Crippen molar-refractivity contribution < 1.29 is 89.7 Å². The fraction of sp³-hybridized carbons (Fsp3) is 0.957. The van der Waals surface area contributed by atoms with Crippen LogP contribution in [0.15, 0.2) is 11.6 Å². The van der Waals surface area contributed by atoms with E-state index in [-0.39, 0.29) is 23.7 Å². The Balaban J connectivity index is 1.20. The van der Waals surface area contributed by atoms with Crippen molar-refractivity contribution in [2.75, 3.05) is 19.8 Å². The Labute approximate surface area is 382 Å². The maximum Gasteiger partial charge on any atom is 0.187 e. The molecule has 6 unspecified atom stereocenters. The smallest absolute Gasteiger partial charge is 0.187 e. The average Bonchev–Trinajstić information content (AvgIpc) is 3.76. The molecule has 7 rings (SSSR count). The third-order valence-corrected chi connectivity index (χ3v) is 18.3. The Bertz CT molecular complexity index is 1660. The maximum atomic E-state index is 12.7. The third-order valence-electron chi connectivity index (χ3n) is 18.3. The van der Waals surface area contributed by atoms with Crippen molar-refractivity contribution >= 4 is 0 Å². The van der Waals surface area contributed by atoms with Gasteiger partial charge in [-0.15, -0.1) is 0 Å². The number of allylic oxidation sites excluding steroid dienone is 2. The largest absolute Gasteiger partial charge is 0.394 e. The predicted octanol–water partition coefficient (Wildman–Crippen LogP) is -0.417. The van der Waals surface area contributed by atoms with Crippen molar-refractivity contribution in [1.82, 2.24) is 0 Å². The summed E-state index contributed by atoms with van der Waals surface area (Å²) in [7, 11) is 0. The van der Waals surface area contributed by atoms with Crippen LogP contribution in [0.3, 0.4) is 0 Å². The molecule has 0 spiro atoms. The van der Waals surface area contributed by atoms with Crippen molar-refractivity contribution in [1.29, 1.82) is 0 Å². The van der Waals surface area contributed by atoms with Crippen molar-refractivity contribution in [3.63, 3.8) is 0 Å². The number of hydrogen-bond acceptors (Lipinski definition) is 18. The first-order valence-corrected chi connectivity index (χ1v) is 23.9. The molecule has 0 aromatic heterocycles. The quantitative estimate of drug-likeness (QED) is 0.0825. The van der Waals surface area contributed by atoms with E-state index >= 15 is 0 Å². The molecule has 0 aromatic carbocycles. The summed E-state index contributed by atoms with van der Waals surface area (Å²) in [6.45, 7) is 15.1. The van der Waals surface area contributed by atoms with Crippen molar-refractivity contribution in [3.05, 3.63) is 11.6 Å². The summed E-state index contributed by atoms with van der Waals surface area (Å²) in [6.07, 6.45) is -16.2. The lowest BCUT2D eigenvalue weighted by Crippen LogP contribution is -2.71. The normalized spacial score (nSPS) is 52.8. The van der Waals surface area contributed by atoms with Gasteiger partial charge in [0.1, 0.15) is 67.1 Å². The molecular formula is C47H80O18. The highest BCUT2D eigenvalue weighted by molar-refractivity contribution is 5.22. The van der Waals surface area contributed by atoms with Crippen LogP contribution in [0.1, 0.15) is 107 Å². The van der Waals surface area contributed by atoms with Crippen LogP contribution in [0.25, 0.3) is 0 Å². The summed E-state index contributed by atoms with van der Waals surface area (Å²) in [6, 6.07) is 0. The van der Waals surface area contributed by atoms with Crippen LogP contribution in [0.2, 0.25) is 0 Å². The lowest BCUT2D eigenvalue weighted by atomic mass is 9.34. The molecule has 376 valence electrons. The van der Waals surface area contributed by atoms with Gasteiger partial charge in [0.25, 0.3) is 0 Å². The van der Waals surface area contributed by atoms with E-state index in [1.54, 1.807) is 0 Å². The van der Waals surface area contributed by atoms with Crippen LogP contribution in [0.5, 0.6) is 0 Å². The number of ether oxygens (including phenoxy) is 6. The third kappa shape index (κ3) is 8.72. The van der Waals surface area contributed by atoms with Gasteiger partial charge in [0.2, 0.25) is 0 Å². The van der Waals surface area contributed by atoms with Gasteiger partial charge in [-0.25, -0.2) is 0 Å². The van der Waals surface area contributed by atoms with Gasteiger partial charge in [-0.3, -0.25) is 0 Å². The molecule has 7 fully saturated rings. The highest BCUT2D eigenvalue weighted by Crippen LogP contribution is 2.76. The minimum atomic E-state index is -1.72. The van der Waals surface area contributed by atoms with Crippen molar-refractivity contribution in [2.24, 2.45) is 45.3 Å². The topological polar surface area (TPSA) is 298 Å². The number of aliphatic hydroxyl groups is 12. The van der Waals surface area contributed by atoms with Gasteiger partial charge >= 0.3 is 0 Å². The fourth-order valence-corrected chi connectivity index (χ4v) is 14.6. The molecule has 0 radical (unpaired) electrons. The van der Waals surface area contributed by atoms with Gasteiger partial charge in [0, 0.05) is 0 Å². The molecule has 3 saturated heterocycles. The van der Waals surface area contributed by atoms with Crippen LogP contribution in [-0.4, -0.2) is 191 Å². The van der Waals surface area contributed by atoms with Gasteiger partial charge in [-0.2, -0.15) is 0 Å². The highest BCUT2D eigenvalue weighted by Gasteiger charge is 2.74. The van der Waals surface area contributed by atoms with Crippen LogP contribution in [0.4, 0.5) is 0 Å². The van der Waals surface area contributed by atoms with Gasteiger partial charge in [-0.05, 0) is 117 Å². The first-order valence-electron chi connectivity index (χ1n) is 23.9. The molecule has 0 bridgehead atoms. The number of fused-ring (bicyclic) bond motifs is 5. The minimum absolute atomic E-state index is 0.0497. The van der Waals surface area contributed by atoms with Crippen LogP contribution < -0.4 is 0 Å². The Morgan fingerprint density at radius 3 is 1.85 bits per heavy atom. The monoisotopic (exact) mass is 933 g/mol. The van der Waals surface area contributed by atoms with E-state index in [1.165, 1.54) is 0 Å². The molecule has 3 heterocycles. The van der Waals surface area contributed by atoms with Gasteiger partial charge in [-0.1, -0.05) is 46.3 Å². The number of aliphatic hydroxyl groups excluding tert-OH is 12. The van der Waals surface area contributed by atoms with E-state index in [0.29, 0.717) is 51.4 Å². The fourth-order valence-electron chi connectivity index (χ4n) is 14.6. The zero-order valence-corrected chi connectivity index (χ0v) is 39.3. The molecule has 25 atom stereocenters. The first kappa shape index (κ1) is 51.9. The van der Waals surface area contributed by atoms with E-state index in [0.717, 1.165) is 5.57 Å². The van der Waals surface area contributed by atoms with E-state index < -0.39 is 151 Å². The van der Waals surface area contributed by atoms with Gasteiger partial charge in [0.15, 0.2) is 18.9 Å². The maximum absolute atomic E-state index is 12.7. The van der Waals surface area contributed by atoms with Crippen molar-refractivity contribution in [3.8, 4) is 0 Å². The van der Waals surface area contributed by atoms with Crippen LogP contribution in [0, 0.1) is 45.3 Å². The highest BCUT2D eigenvalue weighted by atomic mass is 16.7. The molecule has 18 nitrogen and oxygen atoms in total. The van der Waals surface area contributed by atoms with Crippen LogP contribution >= 0.6 is 0 Å². The minimum Gasteiger partial charge on any atom is -0.394 e. The molecular weight excluding hydrogens is 852 g/mol. The molecule has 4 aliphatic carbocycles. The summed E-state index contributed by atoms with van der Waals surface area (Å²) in [4.78, 5) is 0. The Morgan fingerprint density at radius 1 is 0.677 bits per heavy atom. The van der Waals surface area contributed by atoms with E-state index in [4.69, 9.17) is 28.4 Å². The molecule has 4 saturated carbocycles.